The van der Waals surface area contributed by atoms with E-state index in [1.165, 1.54) is 6.07 Å². The Labute approximate surface area is 176 Å². The van der Waals surface area contributed by atoms with Crippen molar-refractivity contribution in [1.29, 1.82) is 0 Å². The molecule has 2 aromatic rings. The molecule has 158 valence electrons. The summed E-state index contributed by atoms with van der Waals surface area (Å²) in [5, 5.41) is 20.5. The average Bonchev–Trinajstić information content (AvgIpc) is 3.22. The predicted molar refractivity (Wildman–Crippen MR) is 117 cm³/mol. The van der Waals surface area contributed by atoms with E-state index in [9.17, 15) is 14.1 Å². The van der Waals surface area contributed by atoms with Crippen molar-refractivity contribution in [3.63, 3.8) is 0 Å². The van der Waals surface area contributed by atoms with E-state index < -0.39 is 21.5 Å². The number of nitrogens with two attached hydrogens (primary N) is 1. The Balaban J connectivity index is 1.97. The van der Waals surface area contributed by atoms with Gasteiger partial charge in [0, 0.05) is 11.4 Å². The van der Waals surface area contributed by atoms with Crippen LogP contribution in [0.1, 0.15) is 68.1 Å². The van der Waals surface area contributed by atoms with Crippen LogP contribution in [0.4, 0.5) is 10.5 Å². The SMILES string of the molecule is Cc1nc2c(c(NC(=O)N=S(N)(=O)c3cc(C(C)(C)O)cs3)c1C(C)C)CCC2. The molecule has 0 aliphatic heterocycles. The van der Waals surface area contributed by atoms with E-state index in [0.29, 0.717) is 5.56 Å². The minimum Gasteiger partial charge on any atom is -0.386 e. The number of carbonyl (C=O) groups is 1. The topological polar surface area (TPSA) is 118 Å². The molecule has 0 spiro atoms. The zero-order valence-electron chi connectivity index (χ0n) is 17.4. The van der Waals surface area contributed by atoms with Crippen LogP contribution in [0.5, 0.6) is 0 Å². The van der Waals surface area contributed by atoms with Gasteiger partial charge in [-0.3, -0.25) is 4.98 Å². The molecule has 0 radical (unpaired) electrons. The first kappa shape index (κ1) is 21.9. The van der Waals surface area contributed by atoms with Crippen LogP contribution in [-0.2, 0) is 28.4 Å². The zero-order chi connectivity index (χ0) is 21.6. The molecule has 0 bridgehead atoms. The minimum atomic E-state index is -3.42. The molecule has 9 heteroatoms. The quantitative estimate of drug-likeness (QED) is 0.665. The number of nitrogens with zero attached hydrogens (tertiary/aromatic N) is 2. The standard InChI is InChI=1S/C20H28N4O3S2/c1-11(2)17-12(3)22-15-8-6-7-14(15)18(17)23-19(25)24-29(21,27)16-9-13(10-28-16)20(4,5)26/h9-11,26H,6-8H2,1-5H3,(H3,21,22,23,24,25,27). The Morgan fingerprint density at radius 3 is 2.69 bits per heavy atom. The highest BCUT2D eigenvalue weighted by Crippen LogP contribution is 2.36. The Bertz CT molecular complexity index is 1070. The highest BCUT2D eigenvalue weighted by molar-refractivity contribution is 7.93. The molecule has 1 unspecified atom stereocenters. The minimum absolute atomic E-state index is 0.164. The second kappa shape index (κ2) is 7.79. The number of urea groups is 1. The molecule has 4 N–H and O–H groups in total. The van der Waals surface area contributed by atoms with Gasteiger partial charge in [0.25, 0.3) is 0 Å². The highest BCUT2D eigenvalue weighted by atomic mass is 32.2. The van der Waals surface area contributed by atoms with Gasteiger partial charge in [0.2, 0.25) is 0 Å². The summed E-state index contributed by atoms with van der Waals surface area (Å²) in [6.07, 6.45) is 2.72. The van der Waals surface area contributed by atoms with Gasteiger partial charge < -0.3 is 10.4 Å². The molecule has 2 heterocycles. The van der Waals surface area contributed by atoms with E-state index in [4.69, 9.17) is 10.1 Å². The number of anilines is 1. The van der Waals surface area contributed by atoms with Crippen molar-refractivity contribution in [3.8, 4) is 0 Å². The summed E-state index contributed by atoms with van der Waals surface area (Å²) in [5.74, 6) is 0.164. The van der Waals surface area contributed by atoms with Crippen LogP contribution in [0.2, 0.25) is 0 Å². The third kappa shape index (κ3) is 4.53. The van der Waals surface area contributed by atoms with E-state index in [0.717, 1.165) is 58.8 Å². The van der Waals surface area contributed by atoms with Gasteiger partial charge in [0.1, 0.15) is 4.21 Å². The fourth-order valence-corrected chi connectivity index (χ4v) is 5.94. The molecule has 3 rings (SSSR count). The number of aromatic nitrogens is 1. The highest BCUT2D eigenvalue weighted by Gasteiger charge is 2.25. The van der Waals surface area contributed by atoms with Crippen LogP contribution < -0.4 is 10.5 Å². The van der Waals surface area contributed by atoms with Crippen molar-refractivity contribution in [1.82, 2.24) is 4.98 Å². The summed E-state index contributed by atoms with van der Waals surface area (Å²) in [4.78, 5) is 17.4. The van der Waals surface area contributed by atoms with Crippen LogP contribution in [-0.4, -0.2) is 20.3 Å². The third-order valence-electron chi connectivity index (χ3n) is 5.05. The molecule has 1 aliphatic carbocycles. The van der Waals surface area contributed by atoms with Crippen molar-refractivity contribution in [2.45, 2.75) is 69.6 Å². The van der Waals surface area contributed by atoms with Gasteiger partial charge in [-0.25, -0.2) is 14.1 Å². The number of amides is 2. The summed E-state index contributed by atoms with van der Waals surface area (Å²) in [7, 11) is -3.42. The van der Waals surface area contributed by atoms with Crippen LogP contribution in [0.25, 0.3) is 0 Å². The summed E-state index contributed by atoms with van der Waals surface area (Å²) in [6, 6.07) is 0.801. The number of pyridine rings is 1. The maximum atomic E-state index is 12.9. The summed E-state index contributed by atoms with van der Waals surface area (Å²) in [6.45, 7) is 9.29. The van der Waals surface area contributed by atoms with Crippen LogP contribution >= 0.6 is 11.3 Å². The monoisotopic (exact) mass is 436 g/mol. The lowest BCUT2D eigenvalue weighted by Gasteiger charge is -2.19. The van der Waals surface area contributed by atoms with Gasteiger partial charge in [-0.15, -0.1) is 15.7 Å². The van der Waals surface area contributed by atoms with Crippen molar-refractivity contribution >= 4 is 33.0 Å². The Morgan fingerprint density at radius 1 is 1.41 bits per heavy atom. The number of hydrogen-bond acceptors (Lipinski definition) is 5. The smallest absolute Gasteiger partial charge is 0.354 e. The van der Waals surface area contributed by atoms with Crippen molar-refractivity contribution < 1.29 is 14.1 Å². The first-order chi connectivity index (χ1) is 13.4. The maximum Gasteiger partial charge on any atom is 0.354 e. The van der Waals surface area contributed by atoms with E-state index in [2.05, 4.69) is 9.68 Å². The lowest BCUT2D eigenvalue weighted by atomic mass is 9.96. The molecule has 1 aliphatic rings. The summed E-state index contributed by atoms with van der Waals surface area (Å²) in [5.41, 5.74) is 4.11. The van der Waals surface area contributed by atoms with E-state index in [-0.39, 0.29) is 10.1 Å². The molecule has 7 nitrogen and oxygen atoms in total. The Hall–Kier alpha value is -1.81. The number of rotatable bonds is 4. The number of fused-ring (bicyclic) bond motifs is 1. The fraction of sp³-hybridized carbons (Fsp3) is 0.500. The normalized spacial score (nSPS) is 15.9. The summed E-state index contributed by atoms with van der Waals surface area (Å²) < 4.78 is 17.0. The van der Waals surface area contributed by atoms with Crippen molar-refractivity contribution in [2.24, 2.45) is 9.50 Å². The number of aliphatic hydroxyl groups is 1. The molecule has 0 aromatic carbocycles. The largest absolute Gasteiger partial charge is 0.386 e. The zero-order valence-corrected chi connectivity index (χ0v) is 19.0. The second-order valence-electron chi connectivity index (χ2n) is 8.22. The fourth-order valence-electron chi connectivity index (χ4n) is 3.66. The lowest BCUT2D eigenvalue weighted by molar-refractivity contribution is 0.0789. The Morgan fingerprint density at radius 2 is 2.10 bits per heavy atom. The molecule has 1 atom stereocenters. The van der Waals surface area contributed by atoms with Gasteiger partial charge in [-0.2, -0.15) is 0 Å². The van der Waals surface area contributed by atoms with Crippen molar-refractivity contribution in [3.05, 3.63) is 39.5 Å². The van der Waals surface area contributed by atoms with E-state index in [1.807, 2.05) is 20.8 Å². The van der Waals surface area contributed by atoms with Gasteiger partial charge in [0.15, 0.2) is 9.92 Å². The molecular weight excluding hydrogens is 408 g/mol. The van der Waals surface area contributed by atoms with Gasteiger partial charge in [-0.05, 0) is 74.1 Å². The molecular formula is C20H28N4O3S2. The van der Waals surface area contributed by atoms with Crippen molar-refractivity contribution in [2.75, 3.05) is 5.32 Å². The molecule has 0 fully saturated rings. The number of hydrogen-bond donors (Lipinski definition) is 3. The molecule has 0 saturated carbocycles. The number of thiophene rings is 1. The van der Waals surface area contributed by atoms with Crippen LogP contribution in [0, 0.1) is 6.92 Å². The van der Waals surface area contributed by atoms with Crippen LogP contribution in [0.3, 0.4) is 0 Å². The number of carbonyl (C=O) groups excluding carboxylic acids is 1. The molecule has 0 saturated heterocycles. The predicted octanol–water partition coefficient (Wildman–Crippen LogP) is 4.22. The molecule has 2 aromatic heterocycles. The van der Waals surface area contributed by atoms with E-state index in [1.54, 1.807) is 19.2 Å². The molecule has 29 heavy (non-hydrogen) atoms. The average molecular weight is 437 g/mol. The van der Waals surface area contributed by atoms with Gasteiger partial charge in [-0.1, -0.05) is 13.8 Å². The maximum absolute atomic E-state index is 12.9. The van der Waals surface area contributed by atoms with Gasteiger partial charge >= 0.3 is 6.03 Å². The number of nitrogens with one attached hydrogen (secondary N) is 1. The Kier molecular flexibility index (Phi) is 5.88. The second-order valence-corrected chi connectivity index (χ2v) is 11.2. The molecule has 2 amide bonds. The lowest BCUT2D eigenvalue weighted by Crippen LogP contribution is -2.19. The van der Waals surface area contributed by atoms with Crippen LogP contribution in [0.15, 0.2) is 20.0 Å². The summed E-state index contributed by atoms with van der Waals surface area (Å²) >= 11 is 1.12. The first-order valence-electron chi connectivity index (χ1n) is 9.59. The van der Waals surface area contributed by atoms with E-state index >= 15 is 0 Å². The third-order valence-corrected chi connectivity index (χ3v) is 7.91. The first-order valence-corrected chi connectivity index (χ1v) is 12.1. The van der Waals surface area contributed by atoms with Gasteiger partial charge in [0.05, 0.1) is 11.3 Å². The number of aryl methyl sites for hydroxylation is 2.